The molecule has 1 aliphatic carbocycles. The Labute approximate surface area is 156 Å². The number of hydrogen-bond acceptors (Lipinski definition) is 4. The fourth-order valence-corrected chi connectivity index (χ4v) is 3.96. The molecule has 26 heavy (non-hydrogen) atoms. The van der Waals surface area contributed by atoms with Gasteiger partial charge in [0.05, 0.1) is 35.3 Å². The van der Waals surface area contributed by atoms with Crippen molar-refractivity contribution in [3.63, 3.8) is 0 Å². The molecule has 0 saturated carbocycles. The van der Waals surface area contributed by atoms with Crippen LogP contribution in [0.2, 0.25) is 5.02 Å². The molecule has 3 aliphatic rings. The van der Waals surface area contributed by atoms with Crippen LogP contribution in [0.1, 0.15) is 30.6 Å². The molecule has 6 nitrogen and oxygen atoms in total. The molecule has 7 heteroatoms. The molecule has 2 saturated heterocycles. The number of nitrogens with zero attached hydrogens (tertiary/aromatic N) is 2. The van der Waals surface area contributed by atoms with E-state index in [1.165, 1.54) is 12.4 Å². The number of allylic oxidation sites excluding steroid dienone is 3. The van der Waals surface area contributed by atoms with Gasteiger partial charge in [-0.3, -0.25) is 14.6 Å². The Morgan fingerprint density at radius 2 is 2.19 bits per heavy atom. The van der Waals surface area contributed by atoms with Crippen molar-refractivity contribution >= 4 is 23.4 Å². The molecule has 4 rings (SSSR count). The maximum atomic E-state index is 12.9. The molecule has 0 aromatic carbocycles. The van der Waals surface area contributed by atoms with Gasteiger partial charge in [0, 0.05) is 29.7 Å². The smallest absolute Gasteiger partial charge is 0.257 e. The zero-order chi connectivity index (χ0) is 18.5. The number of hydrogen-bond donors (Lipinski definition) is 1. The lowest BCUT2D eigenvalue weighted by molar-refractivity contribution is -0.143. The van der Waals surface area contributed by atoms with Crippen LogP contribution in [0.25, 0.3) is 0 Å². The Kier molecular flexibility index (Phi) is 4.12. The number of carbonyl (C=O) groups excluding carboxylic acids is 2. The SMILES string of the molecule is CC1(C)C(=O)N(C2COC2)C2=CC(NC(=O)c3ccncc3Cl)=CCC21. The first kappa shape index (κ1) is 17.2. The quantitative estimate of drug-likeness (QED) is 0.883. The molecule has 1 atom stereocenters. The van der Waals surface area contributed by atoms with E-state index in [0.29, 0.717) is 35.9 Å². The highest BCUT2D eigenvalue weighted by atomic mass is 35.5. The molecular weight excluding hydrogens is 354 g/mol. The lowest BCUT2D eigenvalue weighted by atomic mass is 9.76. The third kappa shape index (κ3) is 2.64. The van der Waals surface area contributed by atoms with Crippen LogP contribution in [0.15, 0.2) is 42.0 Å². The minimum atomic E-state index is -0.456. The average molecular weight is 374 g/mol. The molecule has 1 aromatic heterocycles. The van der Waals surface area contributed by atoms with Crippen LogP contribution in [0, 0.1) is 11.3 Å². The molecule has 0 radical (unpaired) electrons. The first-order valence-electron chi connectivity index (χ1n) is 8.63. The monoisotopic (exact) mass is 373 g/mol. The van der Waals surface area contributed by atoms with Crippen molar-refractivity contribution in [2.45, 2.75) is 26.3 Å². The summed E-state index contributed by atoms with van der Waals surface area (Å²) in [6, 6.07) is 1.67. The highest BCUT2D eigenvalue weighted by Crippen LogP contribution is 2.49. The fraction of sp³-hybridized carbons (Fsp3) is 0.421. The lowest BCUT2D eigenvalue weighted by Gasteiger charge is -2.36. The largest absolute Gasteiger partial charge is 0.377 e. The summed E-state index contributed by atoms with van der Waals surface area (Å²) in [6.07, 6.45) is 7.55. The summed E-state index contributed by atoms with van der Waals surface area (Å²) in [4.78, 5) is 31.2. The second-order valence-electron chi connectivity index (χ2n) is 7.41. The van der Waals surface area contributed by atoms with Crippen LogP contribution in [0.4, 0.5) is 0 Å². The van der Waals surface area contributed by atoms with Crippen LogP contribution in [-0.2, 0) is 9.53 Å². The summed E-state index contributed by atoms with van der Waals surface area (Å²) in [5.74, 6) is -0.0537. The Morgan fingerprint density at radius 3 is 2.85 bits per heavy atom. The van der Waals surface area contributed by atoms with E-state index >= 15 is 0 Å². The highest BCUT2D eigenvalue weighted by Gasteiger charge is 2.53. The number of fused-ring (bicyclic) bond motifs is 1. The predicted octanol–water partition coefficient (Wildman–Crippen LogP) is 2.52. The molecule has 1 aromatic rings. The van der Waals surface area contributed by atoms with Gasteiger partial charge in [0.2, 0.25) is 5.91 Å². The molecule has 0 bridgehead atoms. The van der Waals surface area contributed by atoms with E-state index in [1.807, 2.05) is 30.9 Å². The van der Waals surface area contributed by atoms with Gasteiger partial charge in [0.15, 0.2) is 0 Å². The predicted molar refractivity (Wildman–Crippen MR) is 96.2 cm³/mol. The molecule has 136 valence electrons. The number of likely N-dealkylation sites (tertiary alicyclic amines) is 1. The summed E-state index contributed by atoms with van der Waals surface area (Å²) in [5.41, 5.74) is 1.56. The molecule has 1 N–H and O–H groups in total. The van der Waals surface area contributed by atoms with Gasteiger partial charge in [-0.05, 0) is 18.6 Å². The van der Waals surface area contributed by atoms with Crippen molar-refractivity contribution in [3.05, 3.63) is 52.6 Å². The minimum absolute atomic E-state index is 0.0859. The van der Waals surface area contributed by atoms with Crippen molar-refractivity contribution < 1.29 is 14.3 Å². The summed E-state index contributed by atoms with van der Waals surface area (Å²) >= 11 is 6.05. The third-order valence-corrected chi connectivity index (χ3v) is 5.71. The summed E-state index contributed by atoms with van der Waals surface area (Å²) in [6.45, 7) is 5.09. The molecule has 0 spiro atoms. The third-order valence-electron chi connectivity index (χ3n) is 5.41. The number of halogens is 1. The summed E-state index contributed by atoms with van der Waals surface area (Å²) < 4.78 is 5.28. The van der Waals surface area contributed by atoms with Crippen LogP contribution >= 0.6 is 11.6 Å². The van der Waals surface area contributed by atoms with Crippen molar-refractivity contribution in [3.8, 4) is 0 Å². The number of pyridine rings is 1. The van der Waals surface area contributed by atoms with E-state index < -0.39 is 5.41 Å². The molecule has 2 fully saturated rings. The van der Waals surface area contributed by atoms with Gasteiger partial charge < -0.3 is 15.0 Å². The first-order valence-corrected chi connectivity index (χ1v) is 9.01. The van der Waals surface area contributed by atoms with E-state index in [9.17, 15) is 9.59 Å². The highest BCUT2D eigenvalue weighted by molar-refractivity contribution is 6.33. The van der Waals surface area contributed by atoms with E-state index in [-0.39, 0.29) is 23.8 Å². The zero-order valence-electron chi connectivity index (χ0n) is 14.7. The standard InChI is InChI=1S/C19H20ClN3O3/c1-19(2)14-4-3-11(22-17(24)13-5-6-21-8-15(13)20)7-16(14)23(18(19)25)12-9-26-10-12/h3,5-8,12,14H,4,9-10H2,1-2H3,(H,22,24). The average Bonchev–Trinajstić information content (AvgIpc) is 2.75. The topological polar surface area (TPSA) is 71.5 Å². The normalized spacial score (nSPS) is 24.5. The lowest BCUT2D eigenvalue weighted by Crippen LogP contribution is -2.50. The number of nitrogens with one attached hydrogen (secondary N) is 1. The van der Waals surface area contributed by atoms with Gasteiger partial charge >= 0.3 is 0 Å². The number of rotatable bonds is 3. The maximum absolute atomic E-state index is 12.9. The molecule has 1 unspecified atom stereocenters. The minimum Gasteiger partial charge on any atom is -0.377 e. The second kappa shape index (κ2) is 6.21. The van der Waals surface area contributed by atoms with Crippen LogP contribution in [-0.4, -0.2) is 41.0 Å². The summed E-state index contributed by atoms with van der Waals surface area (Å²) in [5, 5.41) is 3.19. The van der Waals surface area contributed by atoms with E-state index in [2.05, 4.69) is 10.3 Å². The van der Waals surface area contributed by atoms with Crippen molar-refractivity contribution in [1.29, 1.82) is 0 Å². The fourth-order valence-electron chi connectivity index (χ4n) is 3.76. The Bertz CT molecular complexity index is 842. The number of amides is 2. The summed E-state index contributed by atoms with van der Waals surface area (Å²) in [7, 11) is 0. The molecule has 2 amide bonds. The number of aromatic nitrogens is 1. The van der Waals surface area contributed by atoms with E-state index in [1.54, 1.807) is 6.07 Å². The van der Waals surface area contributed by atoms with Crippen molar-refractivity contribution in [2.75, 3.05) is 13.2 Å². The van der Waals surface area contributed by atoms with Crippen LogP contribution < -0.4 is 5.32 Å². The Morgan fingerprint density at radius 1 is 1.42 bits per heavy atom. The van der Waals surface area contributed by atoms with Crippen LogP contribution in [0.5, 0.6) is 0 Å². The molecule has 2 aliphatic heterocycles. The van der Waals surface area contributed by atoms with Gasteiger partial charge in [0.25, 0.3) is 5.91 Å². The van der Waals surface area contributed by atoms with Gasteiger partial charge in [-0.25, -0.2) is 0 Å². The first-order chi connectivity index (χ1) is 12.4. The zero-order valence-corrected chi connectivity index (χ0v) is 15.4. The molecular formula is C19H20ClN3O3. The van der Waals surface area contributed by atoms with Crippen molar-refractivity contribution in [2.24, 2.45) is 11.3 Å². The Hall–Kier alpha value is -2.18. The van der Waals surface area contributed by atoms with E-state index in [4.69, 9.17) is 16.3 Å². The van der Waals surface area contributed by atoms with Gasteiger partial charge in [-0.1, -0.05) is 31.5 Å². The van der Waals surface area contributed by atoms with Gasteiger partial charge in [0.1, 0.15) is 0 Å². The van der Waals surface area contributed by atoms with Gasteiger partial charge in [-0.15, -0.1) is 0 Å². The molecule has 3 heterocycles. The Balaban J connectivity index is 1.60. The van der Waals surface area contributed by atoms with Crippen molar-refractivity contribution in [1.82, 2.24) is 15.2 Å². The number of ether oxygens (including phenoxy) is 1. The van der Waals surface area contributed by atoms with Gasteiger partial charge in [-0.2, -0.15) is 0 Å². The second-order valence-corrected chi connectivity index (χ2v) is 7.82. The number of carbonyl (C=O) groups is 2. The maximum Gasteiger partial charge on any atom is 0.257 e. The van der Waals surface area contributed by atoms with Crippen LogP contribution in [0.3, 0.4) is 0 Å². The van der Waals surface area contributed by atoms with E-state index in [0.717, 1.165) is 5.70 Å².